The van der Waals surface area contributed by atoms with E-state index in [2.05, 4.69) is 38.3 Å². The van der Waals surface area contributed by atoms with Crippen molar-refractivity contribution in [2.24, 2.45) is 52.3 Å². The molecule has 0 amide bonds. The number of hydrogen-bond acceptors (Lipinski definition) is 11. The first-order valence-electron chi connectivity index (χ1n) is 21.3. The molecule has 312 valence electrons. The molecule has 8 aliphatic heterocycles. The molecule has 1 aromatic rings. The molecule has 8 saturated heterocycles. The van der Waals surface area contributed by atoms with Gasteiger partial charge < -0.3 is 39.1 Å². The SMILES string of the molecule is C[C@H]1[C@@H](OCCNC(=NCCO[C@@H]2O[C@]3(C)O[C@]4(C)CC[C@H]5[C@H](C)CC[C@@H]([C@H]2C)C53OO4)Nc2cccc(Cl)c2)O[C@@H]2O[C@]3(C)CC[C@H]4[C@H](C)CC[C@@H]1C24OO3. The fourth-order valence-corrected chi connectivity index (χ4v) is 12.3. The summed E-state index contributed by atoms with van der Waals surface area (Å²) in [5.41, 5.74) is -0.481. The molecule has 10 fully saturated rings. The van der Waals surface area contributed by atoms with Crippen molar-refractivity contribution in [3.8, 4) is 0 Å². The number of hydrogen-bond donors (Lipinski definition) is 2. The Bertz CT molecular complexity index is 1640. The summed E-state index contributed by atoms with van der Waals surface area (Å²) < 4.78 is 39.6. The standard InChI is InChI=1S/C42H62ClN3O10/c1-24-11-13-32-26(3)34(49-36-41(32)30(24)15-17-38(5,51-36)53-55-41)47-21-19-44-37(46-29-10-8-9-28(43)23-29)45-20-22-48-35-27(4)33-14-12-25(2)31-16-18-39(6)52-40(7,50-35)42(31,33)56-54-39/h8-10,23-27,30-36H,11-22H2,1-7H3,(H2,44,45,46)/t24-,25-,26-,27-,30+,31+,32+,33+,34+,35-,36-,38+,39+,40-,41?,42?/m1/s1. The molecule has 56 heavy (non-hydrogen) atoms. The molecule has 1 aromatic carbocycles. The number of nitrogens with one attached hydrogen (secondary N) is 2. The van der Waals surface area contributed by atoms with E-state index in [1.54, 1.807) is 0 Å². The zero-order chi connectivity index (χ0) is 39.1. The van der Waals surface area contributed by atoms with Crippen molar-refractivity contribution in [3.63, 3.8) is 0 Å². The third kappa shape index (κ3) is 6.54. The van der Waals surface area contributed by atoms with Gasteiger partial charge in [0, 0.05) is 53.8 Å². The van der Waals surface area contributed by atoms with Gasteiger partial charge in [-0.2, -0.15) is 0 Å². The van der Waals surface area contributed by atoms with E-state index >= 15 is 0 Å². The highest BCUT2D eigenvalue weighted by atomic mass is 35.5. The van der Waals surface area contributed by atoms with Gasteiger partial charge in [0.05, 0.1) is 19.8 Å². The minimum atomic E-state index is -1.00. The number of halogens is 1. The lowest BCUT2D eigenvalue weighted by Gasteiger charge is -2.64. The molecule has 0 radical (unpaired) electrons. The summed E-state index contributed by atoms with van der Waals surface area (Å²) in [5.74, 6) is -0.00501. The summed E-state index contributed by atoms with van der Waals surface area (Å²) in [5, 5.41) is 7.47. The summed E-state index contributed by atoms with van der Waals surface area (Å²) in [6, 6.07) is 7.56. The van der Waals surface area contributed by atoms with Crippen LogP contribution in [-0.4, -0.2) is 79.7 Å². The van der Waals surface area contributed by atoms with Crippen molar-refractivity contribution >= 4 is 23.2 Å². The molecule has 4 bridgehead atoms. The van der Waals surface area contributed by atoms with Gasteiger partial charge in [-0.25, -0.2) is 19.6 Å². The average molecular weight is 804 g/mol. The minimum absolute atomic E-state index is 0.0683. The van der Waals surface area contributed by atoms with Crippen molar-refractivity contribution < 1.29 is 48.0 Å². The molecule has 2 unspecified atom stereocenters. The van der Waals surface area contributed by atoms with Crippen LogP contribution in [0.4, 0.5) is 5.69 Å². The molecule has 0 aromatic heterocycles. The molecular formula is C42H62ClN3O10. The highest BCUT2D eigenvalue weighted by molar-refractivity contribution is 6.30. The van der Waals surface area contributed by atoms with Gasteiger partial charge in [0.2, 0.25) is 17.4 Å². The molecule has 10 aliphatic rings. The molecule has 2 saturated carbocycles. The third-order valence-electron chi connectivity index (χ3n) is 15.0. The van der Waals surface area contributed by atoms with Gasteiger partial charge in [0.1, 0.15) is 0 Å². The molecule has 14 heteroatoms. The largest absolute Gasteiger partial charge is 0.354 e. The molecular weight excluding hydrogens is 742 g/mol. The van der Waals surface area contributed by atoms with Gasteiger partial charge in [-0.1, -0.05) is 45.4 Å². The van der Waals surface area contributed by atoms with Crippen LogP contribution in [0.2, 0.25) is 5.02 Å². The second-order valence-corrected chi connectivity index (χ2v) is 19.0. The quantitative estimate of drug-likeness (QED) is 0.111. The first kappa shape index (κ1) is 39.8. The summed E-state index contributed by atoms with van der Waals surface area (Å²) in [4.78, 5) is 29.6. The van der Waals surface area contributed by atoms with E-state index in [9.17, 15) is 0 Å². The normalized spacial score (nSPS) is 49.4. The lowest BCUT2D eigenvalue weighted by atomic mass is 9.55. The average Bonchev–Trinajstić information content (AvgIpc) is 3.52. The van der Waals surface area contributed by atoms with Gasteiger partial charge in [0.15, 0.2) is 36.0 Å². The van der Waals surface area contributed by atoms with E-state index in [0.717, 1.165) is 57.1 Å². The van der Waals surface area contributed by atoms with Gasteiger partial charge in [-0.3, -0.25) is 4.99 Å². The Kier molecular flexibility index (Phi) is 10.5. The Hall–Kier alpha value is -1.62. The number of benzene rings is 1. The van der Waals surface area contributed by atoms with Crippen molar-refractivity contribution in [2.75, 3.05) is 31.6 Å². The number of aliphatic imine (C=N–C) groups is 1. The van der Waals surface area contributed by atoms with Crippen molar-refractivity contribution in [3.05, 3.63) is 29.3 Å². The van der Waals surface area contributed by atoms with Crippen LogP contribution in [0.1, 0.15) is 99.8 Å². The van der Waals surface area contributed by atoms with E-state index in [1.165, 1.54) is 0 Å². The van der Waals surface area contributed by atoms with Gasteiger partial charge in [0.25, 0.3) is 0 Å². The molecule has 2 spiro atoms. The van der Waals surface area contributed by atoms with E-state index in [4.69, 9.17) is 64.6 Å². The van der Waals surface area contributed by atoms with Crippen LogP contribution >= 0.6 is 11.6 Å². The van der Waals surface area contributed by atoms with Gasteiger partial charge in [-0.15, -0.1) is 0 Å². The number of fused-ring (bicyclic) bond motifs is 4. The smallest absolute Gasteiger partial charge is 0.204 e. The monoisotopic (exact) mass is 803 g/mol. The summed E-state index contributed by atoms with van der Waals surface area (Å²) in [7, 11) is 0. The first-order valence-corrected chi connectivity index (χ1v) is 21.6. The van der Waals surface area contributed by atoms with Crippen LogP contribution in [0, 0.1) is 47.3 Å². The minimum Gasteiger partial charge on any atom is -0.354 e. The molecule has 2 N–H and O–H groups in total. The van der Waals surface area contributed by atoms with Crippen molar-refractivity contribution in [2.45, 2.75) is 147 Å². The van der Waals surface area contributed by atoms with Crippen LogP contribution in [0.5, 0.6) is 0 Å². The summed E-state index contributed by atoms with van der Waals surface area (Å²) >= 11 is 6.34. The van der Waals surface area contributed by atoms with Crippen LogP contribution in [0.25, 0.3) is 0 Å². The maximum atomic E-state index is 6.80. The fourth-order valence-electron chi connectivity index (χ4n) is 12.2. The van der Waals surface area contributed by atoms with E-state index < -0.39 is 47.4 Å². The number of nitrogens with zero attached hydrogens (tertiary/aromatic N) is 1. The molecule has 11 rings (SSSR count). The second kappa shape index (κ2) is 14.8. The van der Waals surface area contributed by atoms with Gasteiger partial charge >= 0.3 is 0 Å². The number of anilines is 1. The zero-order valence-corrected chi connectivity index (χ0v) is 34.8. The molecule has 16 atom stereocenters. The predicted octanol–water partition coefficient (Wildman–Crippen LogP) is 7.54. The lowest BCUT2D eigenvalue weighted by molar-refractivity contribution is -0.605. The third-order valence-corrected chi connectivity index (χ3v) is 15.3. The van der Waals surface area contributed by atoms with Crippen LogP contribution in [0.3, 0.4) is 0 Å². The maximum Gasteiger partial charge on any atom is 0.204 e. The maximum absolute atomic E-state index is 6.80. The van der Waals surface area contributed by atoms with E-state index in [-0.39, 0.29) is 29.6 Å². The summed E-state index contributed by atoms with van der Waals surface area (Å²) in [6.07, 6.45) is 6.33. The predicted molar refractivity (Wildman–Crippen MR) is 206 cm³/mol. The van der Waals surface area contributed by atoms with Gasteiger partial charge in [-0.05, 0) is 101 Å². The van der Waals surface area contributed by atoms with Crippen molar-refractivity contribution in [1.29, 1.82) is 0 Å². The van der Waals surface area contributed by atoms with E-state index in [0.29, 0.717) is 55.0 Å². The fraction of sp³-hybridized carbons (Fsp3) is 0.833. The van der Waals surface area contributed by atoms with Crippen LogP contribution in [0.15, 0.2) is 29.3 Å². The number of ether oxygens (including phenoxy) is 6. The zero-order valence-electron chi connectivity index (χ0n) is 34.1. The second-order valence-electron chi connectivity index (χ2n) is 18.6. The highest BCUT2D eigenvalue weighted by Crippen LogP contribution is 2.65. The lowest BCUT2D eigenvalue weighted by Crippen LogP contribution is -2.76. The van der Waals surface area contributed by atoms with Crippen LogP contribution in [-0.2, 0) is 48.0 Å². The topological polar surface area (TPSA) is 129 Å². The molecule has 2 aliphatic carbocycles. The Labute approximate surface area is 336 Å². The Balaban J connectivity index is 0.841. The molecule has 13 nitrogen and oxygen atoms in total. The van der Waals surface area contributed by atoms with Crippen LogP contribution < -0.4 is 10.6 Å². The Morgan fingerprint density at radius 3 is 2.32 bits per heavy atom. The number of guanidine groups is 1. The Morgan fingerprint density at radius 2 is 1.50 bits per heavy atom. The Morgan fingerprint density at radius 1 is 0.786 bits per heavy atom. The number of rotatable bonds is 9. The highest BCUT2D eigenvalue weighted by Gasteiger charge is 2.75. The molecule has 8 heterocycles. The summed E-state index contributed by atoms with van der Waals surface area (Å²) in [6.45, 7) is 16.6. The van der Waals surface area contributed by atoms with E-state index in [1.807, 2.05) is 45.0 Å². The first-order chi connectivity index (χ1) is 26.8. The van der Waals surface area contributed by atoms with Crippen molar-refractivity contribution in [1.82, 2.24) is 5.32 Å².